The molecule has 0 bridgehead atoms. The smallest absolute Gasteiger partial charge is 0.414 e. The monoisotopic (exact) mass is 491 g/mol. The van der Waals surface area contributed by atoms with Crippen LogP contribution in [0.15, 0.2) is 11.6 Å². The molecule has 0 spiro atoms. The van der Waals surface area contributed by atoms with Gasteiger partial charge in [-0.1, -0.05) is 52.7 Å². The van der Waals surface area contributed by atoms with E-state index in [1.165, 1.54) is 5.57 Å². The van der Waals surface area contributed by atoms with Gasteiger partial charge in [0, 0.05) is 12.6 Å². The fraction of sp³-hybridized carbons (Fsp3) is 0.880. The molecule has 1 saturated carbocycles. The molecular weight excluding hydrogens is 447 g/mol. The summed E-state index contributed by atoms with van der Waals surface area (Å²) in [7, 11) is -1.91. The van der Waals surface area contributed by atoms with E-state index in [9.17, 15) is 23.1 Å². The number of carbonyl (C=O) groups excluding carboxylic acids is 1. The highest BCUT2D eigenvalue weighted by Gasteiger charge is 2.52. The lowest BCUT2D eigenvalue weighted by Crippen LogP contribution is -2.52. The SMILES string of the molecule is C[C@H](CNC(=O)C[C@](C)(O)C(F)(F)F)C1=CCC[C@H]2[C@@H](O[Si](C)(C)C(C)(C)C)CCC[C@]12C. The molecule has 1 amide bonds. The minimum Gasteiger partial charge on any atom is -0.414 e. The van der Waals surface area contributed by atoms with Crippen molar-refractivity contribution in [1.82, 2.24) is 5.32 Å². The predicted octanol–water partition coefficient (Wildman–Crippen LogP) is 6.36. The molecule has 33 heavy (non-hydrogen) atoms. The van der Waals surface area contributed by atoms with Gasteiger partial charge in [0.25, 0.3) is 0 Å². The van der Waals surface area contributed by atoms with Gasteiger partial charge in [-0.3, -0.25) is 4.79 Å². The highest BCUT2D eigenvalue weighted by Crippen LogP contribution is 2.55. The molecule has 1 fully saturated rings. The van der Waals surface area contributed by atoms with Crippen molar-refractivity contribution in [3.63, 3.8) is 0 Å². The average Bonchev–Trinajstić information content (AvgIpc) is 2.63. The van der Waals surface area contributed by atoms with Gasteiger partial charge in [0.05, 0.1) is 6.42 Å². The third-order valence-corrected chi connectivity index (χ3v) is 13.0. The molecule has 0 saturated heterocycles. The number of halogens is 3. The van der Waals surface area contributed by atoms with Crippen molar-refractivity contribution in [2.24, 2.45) is 17.3 Å². The summed E-state index contributed by atoms with van der Waals surface area (Å²) in [6.07, 6.45) is 1.89. The van der Waals surface area contributed by atoms with Crippen LogP contribution in [0.2, 0.25) is 18.1 Å². The molecule has 0 aromatic rings. The number of aliphatic hydroxyl groups is 1. The first-order valence-electron chi connectivity index (χ1n) is 12.3. The van der Waals surface area contributed by atoms with Crippen LogP contribution in [-0.2, 0) is 9.22 Å². The summed E-state index contributed by atoms with van der Waals surface area (Å²) in [4.78, 5) is 12.2. The lowest BCUT2D eigenvalue weighted by Gasteiger charge is -2.53. The van der Waals surface area contributed by atoms with Crippen molar-refractivity contribution in [3.05, 3.63) is 11.6 Å². The van der Waals surface area contributed by atoms with Crippen LogP contribution in [0.5, 0.6) is 0 Å². The van der Waals surface area contributed by atoms with Crippen molar-refractivity contribution in [1.29, 1.82) is 0 Å². The van der Waals surface area contributed by atoms with E-state index in [0.717, 1.165) is 32.1 Å². The third-order valence-electron chi connectivity index (χ3n) is 8.46. The molecule has 0 radical (unpaired) electrons. The first-order chi connectivity index (χ1) is 14.8. The second-order valence-corrected chi connectivity index (χ2v) is 17.0. The van der Waals surface area contributed by atoms with Gasteiger partial charge in [0.1, 0.15) is 0 Å². The van der Waals surface area contributed by atoms with Gasteiger partial charge in [0.2, 0.25) is 5.91 Å². The van der Waals surface area contributed by atoms with E-state index in [1.54, 1.807) is 0 Å². The largest absolute Gasteiger partial charge is 0.417 e. The quantitative estimate of drug-likeness (QED) is 0.322. The molecule has 4 nitrogen and oxygen atoms in total. The van der Waals surface area contributed by atoms with Crippen LogP contribution in [0.4, 0.5) is 13.2 Å². The highest BCUT2D eigenvalue weighted by atomic mass is 28.4. The molecule has 2 aliphatic carbocycles. The number of hydrogen-bond acceptors (Lipinski definition) is 3. The van der Waals surface area contributed by atoms with Crippen LogP contribution in [-0.4, -0.2) is 43.8 Å². The van der Waals surface area contributed by atoms with Crippen molar-refractivity contribution < 1.29 is 27.5 Å². The Labute approximate surface area is 198 Å². The maximum Gasteiger partial charge on any atom is 0.417 e. The Morgan fingerprint density at radius 2 is 1.88 bits per heavy atom. The number of fused-ring (bicyclic) bond motifs is 1. The van der Waals surface area contributed by atoms with Crippen LogP contribution in [0.1, 0.15) is 80.1 Å². The molecular formula is C25H44F3NO3Si. The van der Waals surface area contributed by atoms with Crippen LogP contribution >= 0.6 is 0 Å². The molecule has 8 heteroatoms. The zero-order chi connectivity index (χ0) is 25.5. The van der Waals surface area contributed by atoms with Crippen LogP contribution in [0.25, 0.3) is 0 Å². The van der Waals surface area contributed by atoms with E-state index < -0.39 is 32.4 Å². The first-order valence-corrected chi connectivity index (χ1v) is 15.2. The second kappa shape index (κ2) is 9.65. The lowest BCUT2D eigenvalue weighted by molar-refractivity contribution is -0.253. The summed E-state index contributed by atoms with van der Waals surface area (Å²) in [5.41, 5.74) is -1.78. The van der Waals surface area contributed by atoms with Crippen molar-refractivity contribution in [2.75, 3.05) is 6.54 Å². The van der Waals surface area contributed by atoms with Gasteiger partial charge < -0.3 is 14.8 Å². The minimum atomic E-state index is -4.84. The van der Waals surface area contributed by atoms with E-state index in [0.29, 0.717) is 12.8 Å². The molecule has 5 atom stereocenters. The van der Waals surface area contributed by atoms with Crippen molar-refractivity contribution in [2.45, 2.75) is 116 Å². The van der Waals surface area contributed by atoms with Gasteiger partial charge >= 0.3 is 6.18 Å². The average molecular weight is 492 g/mol. The summed E-state index contributed by atoms with van der Waals surface area (Å²) in [6, 6.07) is 0. The molecule has 0 aromatic heterocycles. The number of amides is 1. The molecule has 2 N–H and O–H groups in total. The van der Waals surface area contributed by atoms with Gasteiger partial charge in [-0.05, 0) is 68.0 Å². The van der Waals surface area contributed by atoms with Crippen LogP contribution < -0.4 is 5.32 Å². The van der Waals surface area contributed by atoms with E-state index in [-0.39, 0.29) is 29.0 Å². The summed E-state index contributed by atoms with van der Waals surface area (Å²) < 4.78 is 45.6. The van der Waals surface area contributed by atoms with E-state index in [2.05, 4.69) is 52.2 Å². The third kappa shape index (κ3) is 6.23. The summed E-state index contributed by atoms with van der Waals surface area (Å²) >= 11 is 0. The van der Waals surface area contributed by atoms with Gasteiger partial charge in [0.15, 0.2) is 13.9 Å². The van der Waals surface area contributed by atoms with Crippen LogP contribution in [0.3, 0.4) is 0 Å². The summed E-state index contributed by atoms with van der Waals surface area (Å²) in [6.45, 7) is 16.6. The molecule has 192 valence electrons. The minimum absolute atomic E-state index is 0.00390. The number of carbonyl (C=O) groups is 1. The summed E-state index contributed by atoms with van der Waals surface area (Å²) in [5, 5.41) is 12.4. The Morgan fingerprint density at radius 1 is 1.27 bits per heavy atom. The molecule has 0 aromatic carbocycles. The number of allylic oxidation sites excluding steroid dienone is 1. The van der Waals surface area contributed by atoms with Crippen molar-refractivity contribution >= 4 is 14.2 Å². The summed E-state index contributed by atoms with van der Waals surface area (Å²) in [5.74, 6) is -0.376. The normalized spacial score (nSPS) is 29.5. The topological polar surface area (TPSA) is 58.6 Å². The molecule has 0 unspecified atom stereocenters. The number of rotatable bonds is 7. The standard InChI is InChI=1S/C25H44F3NO3Si/c1-17(16-29-21(30)15-24(6,31)25(26,27)28)18-11-9-12-19-20(13-10-14-23(18,19)5)32-33(7,8)22(2,3)4/h11,17,19-20,31H,9-10,12-16H2,1-8H3,(H,29,30)/t17-,19+,20+,23-,24+/m1/s1. The van der Waals surface area contributed by atoms with Crippen molar-refractivity contribution in [3.8, 4) is 0 Å². The number of alkyl halides is 3. The first kappa shape index (κ1) is 28.4. The van der Waals surface area contributed by atoms with E-state index >= 15 is 0 Å². The van der Waals surface area contributed by atoms with Gasteiger partial charge in [-0.25, -0.2) is 0 Å². The fourth-order valence-electron chi connectivity index (χ4n) is 5.29. The molecule has 0 aliphatic heterocycles. The van der Waals surface area contributed by atoms with E-state index in [4.69, 9.17) is 4.43 Å². The van der Waals surface area contributed by atoms with Crippen LogP contribution in [0, 0.1) is 17.3 Å². The highest BCUT2D eigenvalue weighted by molar-refractivity contribution is 6.74. The van der Waals surface area contributed by atoms with E-state index in [1.807, 2.05) is 6.92 Å². The maximum atomic E-state index is 12.9. The Hall–Kier alpha value is -0.863. The molecule has 2 rings (SSSR count). The Bertz CT molecular complexity index is 742. The maximum absolute atomic E-state index is 12.9. The van der Waals surface area contributed by atoms with Gasteiger partial charge in [-0.2, -0.15) is 13.2 Å². The zero-order valence-corrected chi connectivity index (χ0v) is 22.7. The number of nitrogens with one attached hydrogen (secondary N) is 1. The molecule has 0 heterocycles. The zero-order valence-electron chi connectivity index (χ0n) is 21.7. The fourth-order valence-corrected chi connectivity index (χ4v) is 6.69. The Kier molecular flexibility index (Phi) is 8.30. The lowest BCUT2D eigenvalue weighted by atomic mass is 9.56. The second-order valence-electron chi connectivity index (χ2n) is 12.2. The number of hydrogen-bond donors (Lipinski definition) is 2. The van der Waals surface area contributed by atoms with Gasteiger partial charge in [-0.15, -0.1) is 0 Å². The predicted molar refractivity (Wildman–Crippen MR) is 128 cm³/mol. The Balaban J connectivity index is 2.09. The Morgan fingerprint density at radius 3 is 2.42 bits per heavy atom. The molecule has 2 aliphatic rings.